The van der Waals surface area contributed by atoms with Crippen LogP contribution in [-0.2, 0) is 0 Å². The Labute approximate surface area is 125 Å². The first kappa shape index (κ1) is 15.6. The first-order valence-electron chi connectivity index (χ1n) is 7.47. The van der Waals surface area contributed by atoms with Gasteiger partial charge in [0.1, 0.15) is 0 Å². The third-order valence-corrected chi connectivity index (χ3v) is 3.78. The van der Waals surface area contributed by atoms with Crippen LogP contribution < -0.4 is 5.73 Å². The van der Waals surface area contributed by atoms with Crippen molar-refractivity contribution in [2.45, 2.75) is 31.7 Å². The van der Waals surface area contributed by atoms with Gasteiger partial charge in [-0.25, -0.2) is 0 Å². The van der Waals surface area contributed by atoms with Crippen molar-refractivity contribution in [3.8, 4) is 11.8 Å². The Morgan fingerprint density at radius 2 is 2.33 bits per heavy atom. The standard InChI is InChI=1S/C17H22N2O2/c18-10-2-6-14-5-1-7-15(13-14)17(21)19-11-3-8-16(19)9-4-12-20/h1,5,7,13,16,20H,3-4,8-12,18H2. The van der Waals surface area contributed by atoms with E-state index in [0.29, 0.717) is 12.1 Å². The van der Waals surface area contributed by atoms with Gasteiger partial charge < -0.3 is 15.7 Å². The van der Waals surface area contributed by atoms with E-state index in [0.717, 1.165) is 37.8 Å². The molecule has 1 atom stereocenters. The van der Waals surface area contributed by atoms with Gasteiger partial charge in [-0.15, -0.1) is 0 Å². The molecule has 112 valence electrons. The van der Waals surface area contributed by atoms with Gasteiger partial charge in [-0.2, -0.15) is 0 Å². The normalized spacial score (nSPS) is 17.4. The Morgan fingerprint density at radius 1 is 1.48 bits per heavy atom. The van der Waals surface area contributed by atoms with Gasteiger partial charge >= 0.3 is 0 Å². The molecule has 4 nitrogen and oxygen atoms in total. The SMILES string of the molecule is NCC#Cc1cccc(C(=O)N2CCCC2CCCO)c1. The maximum atomic E-state index is 12.6. The van der Waals surface area contributed by atoms with Crippen LogP contribution in [0.4, 0.5) is 0 Å². The molecule has 3 N–H and O–H groups in total. The number of rotatable bonds is 4. The summed E-state index contributed by atoms with van der Waals surface area (Å²) in [7, 11) is 0. The number of hydrogen-bond acceptors (Lipinski definition) is 3. The molecule has 1 aliphatic heterocycles. The van der Waals surface area contributed by atoms with Crippen LogP contribution in [0.25, 0.3) is 0 Å². The molecule has 0 bridgehead atoms. The first-order valence-corrected chi connectivity index (χ1v) is 7.47. The molecule has 1 aromatic rings. The summed E-state index contributed by atoms with van der Waals surface area (Å²) in [6.07, 6.45) is 3.68. The molecule has 1 aliphatic rings. The van der Waals surface area contributed by atoms with E-state index in [-0.39, 0.29) is 18.6 Å². The molecule has 1 heterocycles. The molecule has 0 radical (unpaired) electrons. The largest absolute Gasteiger partial charge is 0.396 e. The number of likely N-dealkylation sites (tertiary alicyclic amines) is 1. The van der Waals surface area contributed by atoms with Gasteiger partial charge in [-0.3, -0.25) is 4.79 Å². The van der Waals surface area contributed by atoms with E-state index in [1.165, 1.54) is 0 Å². The van der Waals surface area contributed by atoms with E-state index in [1.54, 1.807) is 0 Å². The van der Waals surface area contributed by atoms with Gasteiger partial charge in [0.25, 0.3) is 5.91 Å². The van der Waals surface area contributed by atoms with E-state index >= 15 is 0 Å². The maximum absolute atomic E-state index is 12.6. The van der Waals surface area contributed by atoms with Crippen LogP contribution in [0.15, 0.2) is 24.3 Å². The predicted octanol–water partition coefficient (Wildman–Crippen LogP) is 1.37. The van der Waals surface area contributed by atoms with Crippen molar-refractivity contribution in [1.82, 2.24) is 4.90 Å². The second-order valence-corrected chi connectivity index (χ2v) is 5.25. The van der Waals surface area contributed by atoms with Crippen LogP contribution >= 0.6 is 0 Å². The van der Waals surface area contributed by atoms with Crippen LogP contribution in [0.2, 0.25) is 0 Å². The lowest BCUT2D eigenvalue weighted by Crippen LogP contribution is -2.35. The Balaban J connectivity index is 2.11. The number of hydrogen-bond donors (Lipinski definition) is 2. The summed E-state index contributed by atoms with van der Waals surface area (Å²) in [5.41, 5.74) is 6.86. The van der Waals surface area contributed by atoms with Crippen molar-refractivity contribution < 1.29 is 9.90 Å². The topological polar surface area (TPSA) is 66.6 Å². The van der Waals surface area contributed by atoms with E-state index < -0.39 is 0 Å². The number of nitrogens with two attached hydrogens (primary N) is 1. The number of aliphatic hydroxyl groups excluding tert-OH is 1. The number of benzene rings is 1. The molecule has 2 rings (SSSR count). The van der Waals surface area contributed by atoms with Crippen molar-refractivity contribution in [1.29, 1.82) is 0 Å². The van der Waals surface area contributed by atoms with Crippen LogP contribution in [0.5, 0.6) is 0 Å². The summed E-state index contributed by atoms with van der Waals surface area (Å²) >= 11 is 0. The molecule has 21 heavy (non-hydrogen) atoms. The summed E-state index contributed by atoms with van der Waals surface area (Å²) in [4.78, 5) is 14.6. The number of carbonyl (C=O) groups excluding carboxylic acids is 1. The minimum Gasteiger partial charge on any atom is -0.396 e. The van der Waals surface area contributed by atoms with Gasteiger partial charge in [0.15, 0.2) is 0 Å². The summed E-state index contributed by atoms with van der Waals surface area (Å²) in [6, 6.07) is 7.65. The van der Waals surface area contributed by atoms with Crippen LogP contribution in [-0.4, -0.2) is 41.7 Å². The fourth-order valence-corrected chi connectivity index (χ4v) is 2.78. The molecule has 0 saturated carbocycles. The summed E-state index contributed by atoms with van der Waals surface area (Å²) < 4.78 is 0. The Bertz CT molecular complexity index is 545. The molecule has 4 heteroatoms. The molecule has 1 amide bonds. The fourth-order valence-electron chi connectivity index (χ4n) is 2.78. The third kappa shape index (κ3) is 4.07. The zero-order valence-electron chi connectivity index (χ0n) is 12.2. The fraction of sp³-hybridized carbons (Fsp3) is 0.471. The molecule has 1 saturated heterocycles. The lowest BCUT2D eigenvalue weighted by Gasteiger charge is -2.24. The van der Waals surface area contributed by atoms with Crippen molar-refractivity contribution in [2.75, 3.05) is 19.7 Å². The average molecular weight is 286 g/mol. The van der Waals surface area contributed by atoms with E-state index in [4.69, 9.17) is 10.8 Å². The van der Waals surface area contributed by atoms with Gasteiger partial charge in [0.2, 0.25) is 0 Å². The Hall–Kier alpha value is -1.83. The second-order valence-electron chi connectivity index (χ2n) is 5.25. The van der Waals surface area contributed by atoms with E-state index in [1.807, 2.05) is 29.2 Å². The van der Waals surface area contributed by atoms with Gasteiger partial charge in [-0.1, -0.05) is 17.9 Å². The smallest absolute Gasteiger partial charge is 0.254 e. The van der Waals surface area contributed by atoms with Crippen LogP contribution in [0, 0.1) is 11.8 Å². The summed E-state index contributed by atoms with van der Waals surface area (Å²) in [6.45, 7) is 1.30. The molecule has 1 unspecified atom stereocenters. The number of amides is 1. The van der Waals surface area contributed by atoms with Crippen molar-refractivity contribution >= 4 is 5.91 Å². The third-order valence-electron chi connectivity index (χ3n) is 3.78. The highest BCUT2D eigenvalue weighted by Crippen LogP contribution is 2.23. The summed E-state index contributed by atoms with van der Waals surface area (Å²) in [5, 5.41) is 8.96. The summed E-state index contributed by atoms with van der Waals surface area (Å²) in [5.74, 6) is 5.82. The predicted molar refractivity (Wildman–Crippen MR) is 82.8 cm³/mol. The zero-order chi connectivity index (χ0) is 15.1. The van der Waals surface area contributed by atoms with Crippen molar-refractivity contribution in [3.63, 3.8) is 0 Å². The molecular weight excluding hydrogens is 264 g/mol. The van der Waals surface area contributed by atoms with E-state index in [2.05, 4.69) is 11.8 Å². The molecular formula is C17H22N2O2. The minimum absolute atomic E-state index is 0.0619. The first-order chi connectivity index (χ1) is 10.3. The highest BCUT2D eigenvalue weighted by atomic mass is 16.3. The highest BCUT2D eigenvalue weighted by molar-refractivity contribution is 5.95. The number of aliphatic hydroxyl groups is 1. The van der Waals surface area contributed by atoms with Gasteiger partial charge in [0.05, 0.1) is 6.54 Å². The lowest BCUT2D eigenvalue weighted by atomic mass is 10.1. The minimum atomic E-state index is 0.0619. The van der Waals surface area contributed by atoms with Gasteiger partial charge in [-0.05, 0) is 43.9 Å². The highest BCUT2D eigenvalue weighted by Gasteiger charge is 2.28. The monoisotopic (exact) mass is 286 g/mol. The average Bonchev–Trinajstić information content (AvgIpc) is 2.98. The maximum Gasteiger partial charge on any atom is 0.254 e. The lowest BCUT2D eigenvalue weighted by molar-refractivity contribution is 0.0724. The number of nitrogens with zero attached hydrogens (tertiary/aromatic N) is 1. The Kier molecular flexibility index (Phi) is 5.79. The van der Waals surface area contributed by atoms with Gasteiger partial charge in [0, 0.05) is 30.3 Å². The van der Waals surface area contributed by atoms with E-state index in [9.17, 15) is 4.79 Å². The number of carbonyl (C=O) groups is 1. The quantitative estimate of drug-likeness (QED) is 0.822. The zero-order valence-corrected chi connectivity index (χ0v) is 12.2. The van der Waals surface area contributed by atoms with Crippen LogP contribution in [0.3, 0.4) is 0 Å². The molecule has 0 aromatic heterocycles. The van der Waals surface area contributed by atoms with Crippen molar-refractivity contribution in [2.24, 2.45) is 5.73 Å². The van der Waals surface area contributed by atoms with Crippen molar-refractivity contribution in [3.05, 3.63) is 35.4 Å². The second kappa shape index (κ2) is 7.82. The molecule has 0 spiro atoms. The molecule has 0 aliphatic carbocycles. The molecule has 1 fully saturated rings. The Morgan fingerprint density at radius 3 is 3.10 bits per heavy atom. The van der Waals surface area contributed by atoms with Crippen LogP contribution in [0.1, 0.15) is 41.6 Å². The molecule has 1 aromatic carbocycles.